The van der Waals surface area contributed by atoms with Crippen LogP contribution in [0.15, 0.2) is 0 Å². The minimum Gasteiger partial charge on any atom is -0.251 e. The summed E-state index contributed by atoms with van der Waals surface area (Å²) in [7, 11) is 0. The maximum Gasteiger partial charge on any atom is 0.0894 e. The van der Waals surface area contributed by atoms with Crippen LogP contribution in [0.3, 0.4) is 0 Å². The van der Waals surface area contributed by atoms with Gasteiger partial charge in [-0.25, -0.2) is 0 Å². The average molecular weight is 370 g/mol. The molecule has 110 valence electrons. The van der Waals surface area contributed by atoms with E-state index in [1.54, 1.807) is 0 Å². The summed E-state index contributed by atoms with van der Waals surface area (Å²) in [5.74, 6) is 0. The molecule has 0 aromatic rings. The molecule has 0 unspecified atom stereocenters. The second-order valence-corrected chi connectivity index (χ2v) is 6.41. The Hall–Kier alpha value is 0.660. The first-order valence-electron chi connectivity index (χ1n) is 8.03. The molecule has 2 heteroatoms. The molecule has 18 heavy (non-hydrogen) atoms. The fraction of sp³-hybridized carbons (Fsp3) is 1.00. The molecule has 0 radical (unpaired) electrons. The number of unbranched alkanes of at least 4 members (excludes halogenated alkanes) is 13. The van der Waals surface area contributed by atoms with Crippen molar-refractivity contribution in [2.24, 2.45) is 0 Å². The van der Waals surface area contributed by atoms with Crippen LogP contribution in [-0.2, 0) is 0 Å². The van der Waals surface area contributed by atoms with Crippen LogP contribution in [0.2, 0.25) is 0 Å². The highest BCUT2D eigenvalue weighted by atomic mass is 127. The Morgan fingerprint density at radius 3 is 1.00 bits per heavy atom. The third-order valence-corrected chi connectivity index (χ3v) is 4.28. The van der Waals surface area contributed by atoms with E-state index in [9.17, 15) is 4.39 Å². The monoisotopic (exact) mass is 370 g/mol. The van der Waals surface area contributed by atoms with Crippen molar-refractivity contribution in [2.75, 3.05) is 11.1 Å². The topological polar surface area (TPSA) is 0 Å². The van der Waals surface area contributed by atoms with Crippen molar-refractivity contribution in [1.82, 2.24) is 0 Å². The highest BCUT2D eigenvalue weighted by Gasteiger charge is 1.94. The van der Waals surface area contributed by atoms with Crippen molar-refractivity contribution in [2.45, 2.75) is 89.9 Å². The van der Waals surface area contributed by atoms with Crippen molar-refractivity contribution in [3.8, 4) is 0 Å². The van der Waals surface area contributed by atoms with Crippen molar-refractivity contribution < 1.29 is 4.39 Å². The van der Waals surface area contributed by atoms with E-state index in [0.717, 1.165) is 12.8 Å². The molecule has 0 spiro atoms. The molecule has 0 aromatic heterocycles. The third kappa shape index (κ3) is 16.7. The zero-order chi connectivity index (χ0) is 13.3. The molecule has 0 N–H and O–H groups in total. The smallest absolute Gasteiger partial charge is 0.0894 e. The number of alkyl halides is 2. The van der Waals surface area contributed by atoms with Crippen molar-refractivity contribution in [1.29, 1.82) is 0 Å². The minimum absolute atomic E-state index is 0.127. The predicted octanol–water partition coefficient (Wildman–Crippen LogP) is 6.85. The molecule has 0 bridgehead atoms. The van der Waals surface area contributed by atoms with E-state index >= 15 is 0 Å². The fourth-order valence-corrected chi connectivity index (χ4v) is 2.85. The zero-order valence-corrected chi connectivity index (χ0v) is 14.2. The maximum atomic E-state index is 11.8. The molecule has 0 aromatic carbocycles. The largest absolute Gasteiger partial charge is 0.251 e. The summed E-state index contributed by atoms with van der Waals surface area (Å²) < 4.78 is 13.2. The summed E-state index contributed by atoms with van der Waals surface area (Å²) in [5, 5.41) is 0. The van der Waals surface area contributed by atoms with Gasteiger partial charge in [-0.15, -0.1) is 0 Å². The summed E-state index contributed by atoms with van der Waals surface area (Å²) in [4.78, 5) is 0. The molecule has 0 nitrogen and oxygen atoms in total. The van der Waals surface area contributed by atoms with Gasteiger partial charge in [0.15, 0.2) is 0 Å². The van der Waals surface area contributed by atoms with E-state index in [4.69, 9.17) is 0 Å². The summed E-state index contributed by atoms with van der Waals surface area (Å²) >= 11 is 2.47. The molecule has 0 heterocycles. The van der Waals surface area contributed by atoms with Gasteiger partial charge in [-0.2, -0.15) is 0 Å². The lowest BCUT2D eigenvalue weighted by molar-refractivity contribution is 0.448. The second kappa shape index (κ2) is 17.7. The molecule has 0 saturated heterocycles. The molecular weight excluding hydrogens is 338 g/mol. The normalized spacial score (nSPS) is 11.0. The molecule has 0 amide bonds. The maximum absolute atomic E-state index is 11.8. The molecule has 0 aliphatic heterocycles. The molecule has 0 aliphatic rings. The van der Waals surface area contributed by atoms with Crippen LogP contribution in [0, 0.1) is 0 Å². The Kier molecular flexibility index (Phi) is 18.3. The van der Waals surface area contributed by atoms with Gasteiger partial charge < -0.3 is 0 Å². The molecule has 0 fully saturated rings. The quantitative estimate of drug-likeness (QED) is 0.168. The van der Waals surface area contributed by atoms with Crippen molar-refractivity contribution >= 4 is 22.6 Å². The van der Waals surface area contributed by atoms with Gasteiger partial charge >= 0.3 is 0 Å². The number of hydrogen-bond acceptors (Lipinski definition) is 0. The highest BCUT2D eigenvalue weighted by molar-refractivity contribution is 14.1. The molecular formula is C16H32FI. The fourth-order valence-electron chi connectivity index (χ4n) is 2.31. The summed E-state index contributed by atoms with van der Waals surface area (Å²) in [6.07, 6.45) is 18.6. The van der Waals surface area contributed by atoms with E-state index in [2.05, 4.69) is 22.6 Å². The predicted molar refractivity (Wildman–Crippen MR) is 89.5 cm³/mol. The molecule has 0 rings (SSSR count). The van der Waals surface area contributed by atoms with E-state index < -0.39 is 0 Å². The van der Waals surface area contributed by atoms with Gasteiger partial charge in [0, 0.05) is 0 Å². The minimum atomic E-state index is -0.127. The van der Waals surface area contributed by atoms with Crippen LogP contribution in [0.1, 0.15) is 89.9 Å². The van der Waals surface area contributed by atoms with Gasteiger partial charge in [0.2, 0.25) is 0 Å². The van der Waals surface area contributed by atoms with Gasteiger partial charge in [-0.3, -0.25) is 4.39 Å². The molecule has 0 aliphatic carbocycles. The number of rotatable bonds is 15. The van der Waals surface area contributed by atoms with E-state index in [0.29, 0.717) is 0 Å². The van der Waals surface area contributed by atoms with Gasteiger partial charge in [-0.05, 0) is 17.3 Å². The summed E-state index contributed by atoms with van der Waals surface area (Å²) in [6, 6.07) is 0. The summed E-state index contributed by atoms with van der Waals surface area (Å²) in [5.41, 5.74) is 0. The van der Waals surface area contributed by atoms with E-state index in [1.165, 1.54) is 81.5 Å². The standard InChI is InChI=1S/C16H32FI/c17-15-13-11-9-7-5-3-1-2-4-6-8-10-12-14-16-18/h1-16H2. The van der Waals surface area contributed by atoms with Crippen LogP contribution in [0.4, 0.5) is 4.39 Å². The Balaban J connectivity index is 2.86. The molecule has 0 atom stereocenters. The van der Waals surface area contributed by atoms with Gasteiger partial charge in [0.05, 0.1) is 6.67 Å². The number of halogens is 2. The van der Waals surface area contributed by atoms with Gasteiger partial charge in [-0.1, -0.05) is 99.6 Å². The van der Waals surface area contributed by atoms with E-state index in [1.807, 2.05) is 0 Å². The lowest BCUT2D eigenvalue weighted by atomic mass is 10.0. The average Bonchev–Trinajstić information content (AvgIpc) is 2.39. The first-order valence-corrected chi connectivity index (χ1v) is 9.56. The van der Waals surface area contributed by atoms with Crippen LogP contribution >= 0.6 is 22.6 Å². The zero-order valence-electron chi connectivity index (χ0n) is 12.1. The van der Waals surface area contributed by atoms with E-state index in [-0.39, 0.29) is 6.67 Å². The van der Waals surface area contributed by atoms with Crippen LogP contribution in [-0.4, -0.2) is 11.1 Å². The number of hydrogen-bond donors (Lipinski definition) is 0. The first-order chi connectivity index (χ1) is 8.91. The Morgan fingerprint density at radius 2 is 0.722 bits per heavy atom. The van der Waals surface area contributed by atoms with Crippen LogP contribution in [0.25, 0.3) is 0 Å². The molecule has 0 saturated carbocycles. The Morgan fingerprint density at radius 1 is 0.444 bits per heavy atom. The van der Waals surface area contributed by atoms with Crippen LogP contribution in [0.5, 0.6) is 0 Å². The summed E-state index contributed by atoms with van der Waals surface area (Å²) in [6.45, 7) is -0.127. The second-order valence-electron chi connectivity index (χ2n) is 5.33. The Bertz CT molecular complexity index is 123. The van der Waals surface area contributed by atoms with Gasteiger partial charge in [0.25, 0.3) is 0 Å². The van der Waals surface area contributed by atoms with Gasteiger partial charge in [0.1, 0.15) is 0 Å². The third-order valence-electron chi connectivity index (χ3n) is 3.52. The SMILES string of the molecule is FCCCCCCCCCCCCCCCCI. The first kappa shape index (κ1) is 18.7. The lowest BCUT2D eigenvalue weighted by Crippen LogP contribution is -1.84. The van der Waals surface area contributed by atoms with Crippen LogP contribution < -0.4 is 0 Å². The lowest BCUT2D eigenvalue weighted by Gasteiger charge is -2.02. The van der Waals surface area contributed by atoms with Crippen molar-refractivity contribution in [3.05, 3.63) is 0 Å². The Labute approximate surface area is 128 Å². The highest BCUT2D eigenvalue weighted by Crippen LogP contribution is 2.13. The van der Waals surface area contributed by atoms with Crippen molar-refractivity contribution in [3.63, 3.8) is 0 Å².